The molecule has 0 spiro atoms. The van der Waals surface area contributed by atoms with E-state index in [2.05, 4.69) is 16.0 Å². The van der Waals surface area contributed by atoms with Crippen molar-refractivity contribution in [2.45, 2.75) is 69.1 Å². The molecular formula is C24H37N7O7. The van der Waals surface area contributed by atoms with Gasteiger partial charge in [-0.15, -0.1) is 0 Å². The first-order valence-electron chi connectivity index (χ1n) is 12.1. The molecular weight excluding hydrogens is 498 g/mol. The summed E-state index contributed by atoms with van der Waals surface area (Å²) >= 11 is 0. The summed E-state index contributed by atoms with van der Waals surface area (Å²) in [6.07, 6.45) is 0.211. The van der Waals surface area contributed by atoms with Crippen LogP contribution in [-0.2, 0) is 35.2 Å². The number of aliphatic carboxylic acids is 1. The molecule has 0 bridgehead atoms. The minimum atomic E-state index is -1.41. The molecule has 0 radical (unpaired) electrons. The Kier molecular flexibility index (Phi) is 14.0. The van der Waals surface area contributed by atoms with E-state index in [-0.39, 0.29) is 25.7 Å². The fraction of sp³-hybridized carbons (Fsp3) is 0.500. The summed E-state index contributed by atoms with van der Waals surface area (Å²) in [5, 5.41) is 16.8. The van der Waals surface area contributed by atoms with Crippen LogP contribution in [-0.4, -0.2) is 71.3 Å². The molecule has 14 nitrogen and oxygen atoms in total. The quantitative estimate of drug-likeness (QED) is 0.0912. The Balaban J connectivity index is 3.10. The maximum Gasteiger partial charge on any atom is 0.326 e. The fourth-order valence-corrected chi connectivity index (χ4v) is 3.50. The van der Waals surface area contributed by atoms with Crippen molar-refractivity contribution in [2.75, 3.05) is 6.54 Å². The van der Waals surface area contributed by atoms with Crippen LogP contribution in [0.4, 0.5) is 0 Å². The summed E-state index contributed by atoms with van der Waals surface area (Å²) in [5.74, 6) is -5.21. The van der Waals surface area contributed by atoms with Gasteiger partial charge < -0.3 is 44.0 Å². The number of carbonyl (C=O) groups is 6. The van der Waals surface area contributed by atoms with E-state index in [0.29, 0.717) is 24.9 Å². The van der Waals surface area contributed by atoms with Crippen LogP contribution in [0.5, 0.6) is 0 Å². The fourth-order valence-electron chi connectivity index (χ4n) is 3.50. The topological polar surface area (TPSA) is 263 Å². The van der Waals surface area contributed by atoms with Crippen LogP contribution in [0.2, 0.25) is 0 Å². The predicted octanol–water partition coefficient (Wildman–Crippen LogP) is -2.63. The Morgan fingerprint density at radius 3 is 1.89 bits per heavy atom. The lowest BCUT2D eigenvalue weighted by Crippen LogP contribution is -2.57. The normalized spacial score (nSPS) is 13.8. The van der Waals surface area contributed by atoms with Gasteiger partial charge in [-0.3, -0.25) is 24.0 Å². The lowest BCUT2D eigenvalue weighted by atomic mass is 10.0. The zero-order valence-electron chi connectivity index (χ0n) is 21.1. The molecule has 0 aliphatic heterocycles. The number of unbranched alkanes of at least 4 members (excludes halogenated alkanes) is 1. The first kappa shape index (κ1) is 32.0. The molecule has 5 amide bonds. The SMILES string of the molecule is NCCCCC(NC(=O)C(Cc1ccccc1)NC(=O)C(N)CC(N)=O)C(=O)NC(CCC(N)=O)C(=O)O. The third-order valence-electron chi connectivity index (χ3n) is 5.55. The number of hydrogen-bond donors (Lipinski definition) is 8. The highest BCUT2D eigenvalue weighted by atomic mass is 16.4. The van der Waals surface area contributed by atoms with Gasteiger partial charge in [0.25, 0.3) is 0 Å². The van der Waals surface area contributed by atoms with Crippen LogP contribution in [0, 0.1) is 0 Å². The average Bonchev–Trinajstić information content (AvgIpc) is 2.85. The Morgan fingerprint density at radius 1 is 0.763 bits per heavy atom. The van der Waals surface area contributed by atoms with Gasteiger partial charge in [-0.05, 0) is 37.8 Å². The van der Waals surface area contributed by atoms with Crippen LogP contribution in [0.15, 0.2) is 30.3 Å². The first-order chi connectivity index (χ1) is 17.9. The van der Waals surface area contributed by atoms with E-state index in [1.807, 2.05) is 0 Å². The number of carboxylic acid groups (broad SMARTS) is 1. The Hall–Kier alpha value is -4.04. The molecule has 14 heteroatoms. The van der Waals surface area contributed by atoms with Gasteiger partial charge in [0.2, 0.25) is 29.5 Å². The Morgan fingerprint density at radius 2 is 1.34 bits per heavy atom. The second kappa shape index (κ2) is 16.7. The smallest absolute Gasteiger partial charge is 0.326 e. The largest absolute Gasteiger partial charge is 0.480 e. The van der Waals surface area contributed by atoms with Crippen LogP contribution in [0.1, 0.15) is 44.1 Å². The van der Waals surface area contributed by atoms with Crippen molar-refractivity contribution >= 4 is 35.5 Å². The number of nitrogens with one attached hydrogen (secondary N) is 3. The second-order valence-electron chi connectivity index (χ2n) is 8.78. The summed E-state index contributed by atoms with van der Waals surface area (Å²) in [6.45, 7) is 0.336. The van der Waals surface area contributed by atoms with Crippen LogP contribution >= 0.6 is 0 Å². The lowest BCUT2D eigenvalue weighted by molar-refractivity contribution is -0.142. The molecule has 38 heavy (non-hydrogen) atoms. The van der Waals surface area contributed by atoms with Crippen molar-refractivity contribution in [3.8, 4) is 0 Å². The number of carbonyl (C=O) groups excluding carboxylic acids is 5. The average molecular weight is 536 g/mol. The van der Waals surface area contributed by atoms with Crippen molar-refractivity contribution in [3.05, 3.63) is 35.9 Å². The number of carboxylic acids is 1. The Bertz CT molecular complexity index is 974. The molecule has 0 heterocycles. The highest BCUT2D eigenvalue weighted by Crippen LogP contribution is 2.08. The summed E-state index contributed by atoms with van der Waals surface area (Å²) in [4.78, 5) is 72.6. The second-order valence-corrected chi connectivity index (χ2v) is 8.78. The van der Waals surface area contributed by atoms with Gasteiger partial charge in [-0.25, -0.2) is 4.79 Å². The molecule has 0 aromatic heterocycles. The van der Waals surface area contributed by atoms with E-state index >= 15 is 0 Å². The number of amides is 5. The molecule has 12 N–H and O–H groups in total. The van der Waals surface area contributed by atoms with Gasteiger partial charge in [0.1, 0.15) is 18.1 Å². The maximum atomic E-state index is 13.3. The van der Waals surface area contributed by atoms with Crippen LogP contribution in [0.3, 0.4) is 0 Å². The van der Waals surface area contributed by atoms with E-state index in [1.165, 1.54) is 0 Å². The summed E-state index contributed by atoms with van der Waals surface area (Å²) < 4.78 is 0. The molecule has 1 aromatic carbocycles. The van der Waals surface area contributed by atoms with Crippen molar-refractivity contribution < 1.29 is 33.9 Å². The highest BCUT2D eigenvalue weighted by Gasteiger charge is 2.30. The van der Waals surface area contributed by atoms with Crippen molar-refractivity contribution in [1.82, 2.24) is 16.0 Å². The van der Waals surface area contributed by atoms with Gasteiger partial charge in [-0.1, -0.05) is 30.3 Å². The van der Waals surface area contributed by atoms with E-state index in [9.17, 15) is 33.9 Å². The Labute approximate surface area is 220 Å². The van der Waals surface area contributed by atoms with Crippen LogP contribution < -0.4 is 38.9 Å². The predicted molar refractivity (Wildman–Crippen MR) is 137 cm³/mol. The summed E-state index contributed by atoms with van der Waals surface area (Å²) in [6, 6.07) is 3.68. The molecule has 4 unspecified atom stereocenters. The maximum absolute atomic E-state index is 13.3. The van der Waals surface area contributed by atoms with Crippen molar-refractivity contribution in [2.24, 2.45) is 22.9 Å². The molecule has 0 saturated carbocycles. The number of primary amides is 2. The zero-order chi connectivity index (χ0) is 28.7. The molecule has 210 valence electrons. The van der Waals surface area contributed by atoms with Crippen LogP contribution in [0.25, 0.3) is 0 Å². The molecule has 0 aliphatic carbocycles. The molecule has 0 fully saturated rings. The third kappa shape index (κ3) is 12.3. The summed E-state index contributed by atoms with van der Waals surface area (Å²) in [7, 11) is 0. The van der Waals surface area contributed by atoms with E-state index in [4.69, 9.17) is 22.9 Å². The van der Waals surface area contributed by atoms with Gasteiger partial charge >= 0.3 is 5.97 Å². The monoisotopic (exact) mass is 535 g/mol. The van der Waals surface area contributed by atoms with Crippen molar-refractivity contribution in [1.29, 1.82) is 0 Å². The number of rotatable bonds is 18. The summed E-state index contributed by atoms with van der Waals surface area (Å²) in [5.41, 5.74) is 22.1. The third-order valence-corrected chi connectivity index (χ3v) is 5.55. The molecule has 1 aromatic rings. The minimum absolute atomic E-state index is 0.0369. The van der Waals surface area contributed by atoms with Gasteiger partial charge in [0.05, 0.1) is 12.5 Å². The number of benzene rings is 1. The van der Waals surface area contributed by atoms with Gasteiger partial charge in [-0.2, -0.15) is 0 Å². The molecule has 0 saturated heterocycles. The first-order valence-corrected chi connectivity index (χ1v) is 12.1. The van der Waals surface area contributed by atoms with E-state index in [0.717, 1.165) is 0 Å². The van der Waals surface area contributed by atoms with E-state index < -0.39 is 66.1 Å². The number of hydrogen-bond acceptors (Lipinski definition) is 8. The van der Waals surface area contributed by atoms with Gasteiger partial charge in [0, 0.05) is 12.8 Å². The standard InChI is InChI=1S/C24H37N7O7/c25-11-5-4-8-16(22(35)30-17(24(37)38)9-10-19(27)32)29-23(36)18(12-14-6-2-1-3-7-14)31-21(34)15(26)13-20(28)33/h1-3,6-7,15-18H,4-5,8-13,25-26H2,(H2,27,32)(H2,28,33)(H,29,36)(H,30,35)(H,31,34)(H,37,38). The number of nitrogens with two attached hydrogens (primary N) is 4. The molecule has 4 atom stereocenters. The molecule has 1 rings (SSSR count). The zero-order valence-corrected chi connectivity index (χ0v) is 21.1. The minimum Gasteiger partial charge on any atom is -0.480 e. The lowest BCUT2D eigenvalue weighted by Gasteiger charge is -2.25. The van der Waals surface area contributed by atoms with Crippen molar-refractivity contribution in [3.63, 3.8) is 0 Å². The molecule has 0 aliphatic rings. The van der Waals surface area contributed by atoms with Gasteiger partial charge in [0.15, 0.2) is 0 Å². The highest BCUT2D eigenvalue weighted by molar-refractivity contribution is 5.95. The van der Waals surface area contributed by atoms with E-state index in [1.54, 1.807) is 30.3 Å².